The van der Waals surface area contributed by atoms with Crippen molar-refractivity contribution in [2.75, 3.05) is 20.2 Å². The van der Waals surface area contributed by atoms with E-state index in [4.69, 9.17) is 4.74 Å². The summed E-state index contributed by atoms with van der Waals surface area (Å²) in [5, 5.41) is 7.82. The van der Waals surface area contributed by atoms with Gasteiger partial charge in [0.15, 0.2) is 0 Å². The fourth-order valence-electron chi connectivity index (χ4n) is 1.64. The quantitative estimate of drug-likeness (QED) is 0.777. The smallest absolute Gasteiger partial charge is 0.338 e. The van der Waals surface area contributed by atoms with Crippen LogP contribution in [0.4, 0.5) is 5.69 Å². The van der Waals surface area contributed by atoms with Crippen LogP contribution in [-0.2, 0) is 16.1 Å². The van der Waals surface area contributed by atoms with Crippen molar-refractivity contribution in [3.05, 3.63) is 29.3 Å². The minimum absolute atomic E-state index is 0.0585. The number of carbonyl (C=O) groups is 2. The van der Waals surface area contributed by atoms with Crippen molar-refractivity contribution in [1.82, 2.24) is 4.90 Å². The highest BCUT2D eigenvalue weighted by atomic mass is 16.5. The van der Waals surface area contributed by atoms with E-state index in [-0.39, 0.29) is 12.5 Å². The number of esters is 1. The number of amides is 1. The van der Waals surface area contributed by atoms with Gasteiger partial charge < -0.3 is 9.64 Å². The molecule has 0 aliphatic carbocycles. The minimum Gasteiger partial charge on any atom is -0.460 e. The van der Waals surface area contributed by atoms with Crippen LogP contribution in [0.15, 0.2) is 28.4 Å². The van der Waals surface area contributed by atoms with Crippen LogP contribution in [-0.4, -0.2) is 37.0 Å². The van der Waals surface area contributed by atoms with E-state index >= 15 is 0 Å². The second kappa shape index (κ2) is 5.60. The lowest BCUT2D eigenvalue weighted by Crippen LogP contribution is -2.28. The van der Waals surface area contributed by atoms with Crippen molar-refractivity contribution in [2.24, 2.45) is 10.2 Å². The van der Waals surface area contributed by atoms with Crippen LogP contribution in [0.5, 0.6) is 0 Å². The molecule has 6 heteroatoms. The van der Waals surface area contributed by atoms with Crippen molar-refractivity contribution >= 4 is 17.6 Å². The van der Waals surface area contributed by atoms with Gasteiger partial charge >= 0.3 is 5.97 Å². The number of nitrogens with zero attached hydrogens (tertiary/aromatic N) is 3. The number of carbonyl (C=O) groups excluding carboxylic acids is 2. The van der Waals surface area contributed by atoms with Crippen molar-refractivity contribution < 1.29 is 14.3 Å². The first kappa shape index (κ1) is 13.2. The number of fused-ring (bicyclic) bond motifs is 1. The van der Waals surface area contributed by atoms with Crippen LogP contribution in [0.2, 0.25) is 0 Å². The van der Waals surface area contributed by atoms with E-state index < -0.39 is 5.97 Å². The third-order valence-electron chi connectivity index (χ3n) is 2.93. The molecule has 0 spiro atoms. The minimum atomic E-state index is -0.397. The summed E-state index contributed by atoms with van der Waals surface area (Å²) in [4.78, 5) is 24.3. The Morgan fingerprint density at radius 2 is 2.21 bits per heavy atom. The summed E-state index contributed by atoms with van der Waals surface area (Å²) in [6.45, 7) is 2.54. The Kier molecular flexibility index (Phi) is 3.89. The van der Waals surface area contributed by atoms with Gasteiger partial charge in [-0.1, -0.05) is 0 Å². The third kappa shape index (κ3) is 3.15. The average Bonchev–Trinajstić information content (AvgIpc) is 2.85. The van der Waals surface area contributed by atoms with Crippen LogP contribution in [0.3, 0.4) is 0 Å². The Labute approximate surface area is 111 Å². The SMILES string of the molecule is CC(=O)N(C)CCOC(=O)c1ccc2c(c1)CN=N2. The van der Waals surface area contributed by atoms with Gasteiger partial charge in [0, 0.05) is 19.5 Å². The molecule has 0 bridgehead atoms. The summed E-state index contributed by atoms with van der Waals surface area (Å²) in [5.41, 5.74) is 2.21. The first-order chi connectivity index (χ1) is 9.08. The zero-order valence-corrected chi connectivity index (χ0v) is 10.9. The maximum Gasteiger partial charge on any atom is 0.338 e. The van der Waals surface area contributed by atoms with E-state index in [1.165, 1.54) is 11.8 Å². The second-order valence-electron chi connectivity index (χ2n) is 4.32. The van der Waals surface area contributed by atoms with Gasteiger partial charge in [-0.15, -0.1) is 0 Å². The summed E-state index contributed by atoms with van der Waals surface area (Å²) in [6.07, 6.45) is 0. The number of ether oxygens (including phenoxy) is 1. The number of hydrogen-bond acceptors (Lipinski definition) is 5. The largest absolute Gasteiger partial charge is 0.460 e. The lowest BCUT2D eigenvalue weighted by molar-refractivity contribution is -0.128. The van der Waals surface area contributed by atoms with Gasteiger partial charge in [-0.25, -0.2) is 4.79 Å². The van der Waals surface area contributed by atoms with Crippen molar-refractivity contribution in [2.45, 2.75) is 13.5 Å². The number of benzene rings is 1. The highest BCUT2D eigenvalue weighted by molar-refractivity contribution is 5.90. The molecule has 0 N–H and O–H groups in total. The fourth-order valence-corrected chi connectivity index (χ4v) is 1.64. The van der Waals surface area contributed by atoms with E-state index in [2.05, 4.69) is 10.2 Å². The highest BCUT2D eigenvalue weighted by Crippen LogP contribution is 2.27. The van der Waals surface area contributed by atoms with Gasteiger partial charge in [0.25, 0.3) is 0 Å². The van der Waals surface area contributed by atoms with E-state index in [0.717, 1.165) is 11.3 Å². The summed E-state index contributed by atoms with van der Waals surface area (Å²) < 4.78 is 5.11. The van der Waals surface area contributed by atoms with Gasteiger partial charge in [0.2, 0.25) is 5.91 Å². The Morgan fingerprint density at radius 1 is 1.42 bits per heavy atom. The maximum atomic E-state index is 11.8. The topological polar surface area (TPSA) is 71.3 Å². The maximum absolute atomic E-state index is 11.8. The van der Waals surface area contributed by atoms with Gasteiger partial charge in [-0.2, -0.15) is 10.2 Å². The molecule has 6 nitrogen and oxygen atoms in total. The number of hydrogen-bond donors (Lipinski definition) is 0. The van der Waals surface area contributed by atoms with Crippen LogP contribution in [0.1, 0.15) is 22.8 Å². The van der Waals surface area contributed by atoms with Crippen LogP contribution in [0, 0.1) is 0 Å². The van der Waals surface area contributed by atoms with E-state index in [1.54, 1.807) is 25.2 Å². The summed E-state index contributed by atoms with van der Waals surface area (Å²) >= 11 is 0. The van der Waals surface area contributed by atoms with Gasteiger partial charge in [-0.3, -0.25) is 4.79 Å². The molecule has 0 aromatic heterocycles. The average molecular weight is 261 g/mol. The van der Waals surface area contributed by atoms with Crippen molar-refractivity contribution in [1.29, 1.82) is 0 Å². The van der Waals surface area contributed by atoms with Gasteiger partial charge in [-0.05, 0) is 18.2 Å². The number of azo groups is 1. The van der Waals surface area contributed by atoms with E-state index in [1.807, 2.05) is 0 Å². The van der Waals surface area contributed by atoms with Crippen LogP contribution in [0.25, 0.3) is 0 Å². The van der Waals surface area contributed by atoms with Crippen LogP contribution >= 0.6 is 0 Å². The zero-order valence-electron chi connectivity index (χ0n) is 10.9. The molecule has 100 valence electrons. The highest BCUT2D eigenvalue weighted by Gasteiger charge is 2.13. The summed E-state index contributed by atoms with van der Waals surface area (Å²) in [5.74, 6) is -0.455. The van der Waals surface area contributed by atoms with Gasteiger partial charge in [0.1, 0.15) is 6.61 Å². The fraction of sp³-hybridized carbons (Fsp3) is 0.385. The van der Waals surface area contributed by atoms with Crippen LogP contribution < -0.4 is 0 Å². The molecule has 0 fully saturated rings. The normalized spacial score (nSPS) is 12.1. The molecular formula is C13H15N3O3. The molecule has 1 amide bonds. The molecule has 2 rings (SSSR count). The van der Waals surface area contributed by atoms with E-state index in [0.29, 0.717) is 18.7 Å². The first-order valence-corrected chi connectivity index (χ1v) is 5.97. The zero-order chi connectivity index (χ0) is 13.8. The molecule has 0 saturated carbocycles. The third-order valence-corrected chi connectivity index (χ3v) is 2.93. The van der Waals surface area contributed by atoms with E-state index in [9.17, 15) is 9.59 Å². The Morgan fingerprint density at radius 3 is 2.95 bits per heavy atom. The molecular weight excluding hydrogens is 246 g/mol. The molecule has 0 unspecified atom stereocenters. The predicted molar refractivity (Wildman–Crippen MR) is 68.3 cm³/mol. The van der Waals surface area contributed by atoms with Crippen molar-refractivity contribution in [3.8, 4) is 0 Å². The molecule has 19 heavy (non-hydrogen) atoms. The second-order valence-corrected chi connectivity index (χ2v) is 4.32. The molecule has 1 aliphatic rings. The monoisotopic (exact) mass is 261 g/mol. The Balaban J connectivity index is 1.89. The Hall–Kier alpha value is -2.24. The molecule has 1 heterocycles. The lowest BCUT2D eigenvalue weighted by atomic mass is 10.1. The number of rotatable bonds is 4. The lowest BCUT2D eigenvalue weighted by Gasteiger charge is -2.14. The van der Waals surface area contributed by atoms with Crippen molar-refractivity contribution in [3.63, 3.8) is 0 Å². The molecule has 0 radical (unpaired) electrons. The summed E-state index contributed by atoms with van der Waals surface area (Å²) in [7, 11) is 1.66. The van der Waals surface area contributed by atoms with Gasteiger partial charge in [0.05, 0.1) is 24.3 Å². The summed E-state index contributed by atoms with van der Waals surface area (Å²) in [6, 6.07) is 5.16. The molecule has 1 aromatic rings. The first-order valence-electron chi connectivity index (χ1n) is 5.97. The predicted octanol–water partition coefficient (Wildman–Crippen LogP) is 1.92. The Bertz CT molecular complexity index is 540. The molecule has 1 aromatic carbocycles. The molecule has 0 saturated heterocycles. The number of likely N-dealkylation sites (N-methyl/N-ethyl adjacent to an activating group) is 1. The molecule has 1 aliphatic heterocycles. The standard InChI is InChI=1S/C13H15N3O3/c1-9(17)16(2)5-6-19-13(18)10-3-4-12-11(7-10)8-14-15-12/h3-4,7H,5-6,8H2,1-2H3. The molecule has 0 atom stereocenters.